The van der Waals surface area contributed by atoms with Crippen molar-refractivity contribution in [2.45, 2.75) is 18.9 Å². The third-order valence-electron chi connectivity index (χ3n) is 2.74. The largest absolute Gasteiger partial charge is 0.348 e. The maximum atomic E-state index is 11.9. The van der Waals surface area contributed by atoms with Crippen molar-refractivity contribution in [3.8, 4) is 0 Å². The van der Waals surface area contributed by atoms with Crippen LogP contribution in [0.15, 0.2) is 24.3 Å². The Morgan fingerprint density at radius 1 is 1.38 bits per heavy atom. The van der Waals surface area contributed by atoms with E-state index >= 15 is 0 Å². The second-order valence-corrected chi connectivity index (χ2v) is 5.27. The predicted molar refractivity (Wildman–Crippen MR) is 72.5 cm³/mol. The van der Waals surface area contributed by atoms with Crippen LogP contribution in [0, 0.1) is 3.57 Å². The zero-order valence-electron chi connectivity index (χ0n) is 9.00. The summed E-state index contributed by atoms with van der Waals surface area (Å²) < 4.78 is 1.15. The van der Waals surface area contributed by atoms with Gasteiger partial charge in [-0.2, -0.15) is 0 Å². The van der Waals surface area contributed by atoms with Gasteiger partial charge in [0, 0.05) is 21.7 Å². The Morgan fingerprint density at radius 3 is 2.75 bits per heavy atom. The van der Waals surface area contributed by atoms with E-state index < -0.39 is 0 Å². The van der Waals surface area contributed by atoms with Crippen LogP contribution in [-0.4, -0.2) is 25.0 Å². The summed E-state index contributed by atoms with van der Waals surface area (Å²) in [6.45, 7) is 1.95. The van der Waals surface area contributed by atoms with Crippen molar-refractivity contribution >= 4 is 28.5 Å². The van der Waals surface area contributed by atoms with Crippen LogP contribution in [-0.2, 0) is 0 Å². The van der Waals surface area contributed by atoms with Crippen LogP contribution in [0.2, 0.25) is 0 Å². The number of hydrogen-bond donors (Lipinski definition) is 2. The molecule has 2 N–H and O–H groups in total. The van der Waals surface area contributed by atoms with Crippen molar-refractivity contribution in [1.29, 1.82) is 0 Å². The van der Waals surface area contributed by atoms with Gasteiger partial charge in [0.2, 0.25) is 0 Å². The van der Waals surface area contributed by atoms with Crippen molar-refractivity contribution in [3.63, 3.8) is 0 Å². The van der Waals surface area contributed by atoms with Gasteiger partial charge in [0.1, 0.15) is 0 Å². The molecule has 1 aromatic carbocycles. The van der Waals surface area contributed by atoms with Crippen LogP contribution in [0.3, 0.4) is 0 Å². The van der Waals surface area contributed by atoms with Crippen LogP contribution >= 0.6 is 22.6 Å². The molecule has 0 aliphatic carbocycles. The minimum absolute atomic E-state index is 0.0325. The van der Waals surface area contributed by atoms with Gasteiger partial charge in [0.05, 0.1) is 0 Å². The molecule has 1 aromatic rings. The molecule has 4 heteroatoms. The van der Waals surface area contributed by atoms with Crippen molar-refractivity contribution in [2.24, 2.45) is 0 Å². The SMILES string of the molecule is O=C(N[C@@H]1CCCNC1)c1ccc(I)cc1. The van der Waals surface area contributed by atoms with Crippen molar-refractivity contribution in [1.82, 2.24) is 10.6 Å². The molecule has 1 fully saturated rings. The maximum absolute atomic E-state index is 11.9. The van der Waals surface area contributed by atoms with Gasteiger partial charge in [-0.3, -0.25) is 4.79 Å². The summed E-state index contributed by atoms with van der Waals surface area (Å²) in [5.41, 5.74) is 0.742. The van der Waals surface area contributed by atoms with E-state index in [1.165, 1.54) is 0 Å². The third kappa shape index (κ3) is 3.18. The van der Waals surface area contributed by atoms with Gasteiger partial charge < -0.3 is 10.6 Å². The molecule has 3 nitrogen and oxygen atoms in total. The average Bonchev–Trinajstić information content (AvgIpc) is 2.31. The maximum Gasteiger partial charge on any atom is 0.251 e. The second-order valence-electron chi connectivity index (χ2n) is 4.02. The smallest absolute Gasteiger partial charge is 0.251 e. The number of hydrogen-bond acceptors (Lipinski definition) is 2. The van der Waals surface area contributed by atoms with Gasteiger partial charge in [-0.05, 0) is 66.2 Å². The summed E-state index contributed by atoms with van der Waals surface area (Å²) in [4.78, 5) is 11.9. The molecule has 0 spiro atoms. The molecule has 1 aliphatic heterocycles. The molecule has 16 heavy (non-hydrogen) atoms. The lowest BCUT2D eigenvalue weighted by Crippen LogP contribution is -2.45. The Balaban J connectivity index is 1.94. The molecule has 1 amide bonds. The number of carbonyl (C=O) groups is 1. The Labute approximate surface area is 109 Å². The molecule has 0 saturated carbocycles. The number of amides is 1. The molecule has 1 atom stereocenters. The van der Waals surface area contributed by atoms with E-state index in [2.05, 4.69) is 33.2 Å². The van der Waals surface area contributed by atoms with Crippen LogP contribution in [0.5, 0.6) is 0 Å². The second kappa shape index (κ2) is 5.63. The van der Waals surface area contributed by atoms with E-state index in [4.69, 9.17) is 0 Å². The molecule has 86 valence electrons. The standard InChI is InChI=1S/C12H15IN2O/c13-10-5-3-9(4-6-10)12(16)15-11-2-1-7-14-8-11/h3-6,11,14H,1-2,7-8H2,(H,15,16)/t11-/m1/s1. The van der Waals surface area contributed by atoms with Gasteiger partial charge in [-0.1, -0.05) is 0 Å². The Morgan fingerprint density at radius 2 is 2.12 bits per heavy atom. The molecule has 0 aromatic heterocycles. The number of benzene rings is 1. The lowest BCUT2D eigenvalue weighted by Gasteiger charge is -2.23. The molecule has 1 aliphatic rings. The highest BCUT2D eigenvalue weighted by Gasteiger charge is 2.15. The summed E-state index contributed by atoms with van der Waals surface area (Å²) in [6.07, 6.45) is 2.21. The fourth-order valence-corrected chi connectivity index (χ4v) is 2.20. The molecule has 2 rings (SSSR count). The predicted octanol–water partition coefficient (Wildman–Crippen LogP) is 1.77. The minimum atomic E-state index is 0.0325. The molecule has 1 saturated heterocycles. The van der Waals surface area contributed by atoms with Crippen molar-refractivity contribution in [3.05, 3.63) is 33.4 Å². The number of nitrogens with one attached hydrogen (secondary N) is 2. The van der Waals surface area contributed by atoms with Gasteiger partial charge >= 0.3 is 0 Å². The van der Waals surface area contributed by atoms with Crippen LogP contribution in [0.1, 0.15) is 23.2 Å². The summed E-state index contributed by atoms with van der Waals surface area (Å²) in [7, 11) is 0. The van der Waals surface area contributed by atoms with E-state index in [0.29, 0.717) is 0 Å². The molecule has 0 bridgehead atoms. The van der Waals surface area contributed by atoms with Crippen LogP contribution < -0.4 is 10.6 Å². The van der Waals surface area contributed by atoms with E-state index in [1.54, 1.807) is 0 Å². The third-order valence-corrected chi connectivity index (χ3v) is 3.46. The van der Waals surface area contributed by atoms with E-state index in [0.717, 1.165) is 35.1 Å². The monoisotopic (exact) mass is 330 g/mol. The lowest BCUT2D eigenvalue weighted by molar-refractivity contribution is 0.0930. The summed E-state index contributed by atoms with van der Waals surface area (Å²) in [5.74, 6) is 0.0325. The average molecular weight is 330 g/mol. The van der Waals surface area contributed by atoms with Crippen LogP contribution in [0.25, 0.3) is 0 Å². The summed E-state index contributed by atoms with van der Waals surface area (Å²) in [5, 5.41) is 6.34. The Bertz CT molecular complexity index is 358. The Hall–Kier alpha value is -0.620. The normalized spacial score (nSPS) is 20.4. The first kappa shape index (κ1) is 11.9. The van der Waals surface area contributed by atoms with E-state index in [1.807, 2.05) is 24.3 Å². The number of rotatable bonds is 2. The minimum Gasteiger partial charge on any atom is -0.348 e. The zero-order valence-corrected chi connectivity index (χ0v) is 11.2. The fraction of sp³-hybridized carbons (Fsp3) is 0.417. The Kier molecular flexibility index (Phi) is 4.17. The molecular weight excluding hydrogens is 315 g/mol. The quantitative estimate of drug-likeness (QED) is 0.812. The van der Waals surface area contributed by atoms with E-state index in [-0.39, 0.29) is 11.9 Å². The van der Waals surface area contributed by atoms with Crippen molar-refractivity contribution < 1.29 is 4.79 Å². The summed E-state index contributed by atoms with van der Waals surface area (Å²) >= 11 is 2.23. The number of piperidine rings is 1. The zero-order chi connectivity index (χ0) is 11.4. The first-order valence-electron chi connectivity index (χ1n) is 5.53. The van der Waals surface area contributed by atoms with Crippen molar-refractivity contribution in [2.75, 3.05) is 13.1 Å². The first-order chi connectivity index (χ1) is 7.75. The molecular formula is C12H15IN2O. The van der Waals surface area contributed by atoms with E-state index in [9.17, 15) is 4.79 Å². The highest BCUT2D eigenvalue weighted by atomic mass is 127. The summed E-state index contributed by atoms with van der Waals surface area (Å²) in [6, 6.07) is 7.92. The van der Waals surface area contributed by atoms with Gasteiger partial charge in [-0.15, -0.1) is 0 Å². The lowest BCUT2D eigenvalue weighted by atomic mass is 10.1. The van der Waals surface area contributed by atoms with Gasteiger partial charge in [0.25, 0.3) is 5.91 Å². The highest BCUT2D eigenvalue weighted by Crippen LogP contribution is 2.08. The molecule has 0 radical (unpaired) electrons. The highest BCUT2D eigenvalue weighted by molar-refractivity contribution is 14.1. The molecule has 0 unspecified atom stereocenters. The number of carbonyl (C=O) groups excluding carboxylic acids is 1. The van der Waals surface area contributed by atoms with Gasteiger partial charge in [-0.25, -0.2) is 0 Å². The van der Waals surface area contributed by atoms with Crippen LogP contribution in [0.4, 0.5) is 0 Å². The first-order valence-corrected chi connectivity index (χ1v) is 6.61. The number of halogens is 1. The van der Waals surface area contributed by atoms with Gasteiger partial charge in [0.15, 0.2) is 0 Å². The fourth-order valence-electron chi connectivity index (χ4n) is 1.85. The molecule has 1 heterocycles. The topological polar surface area (TPSA) is 41.1 Å².